The van der Waals surface area contributed by atoms with Crippen molar-refractivity contribution in [3.8, 4) is 0 Å². The third kappa shape index (κ3) is 4.21. The maximum absolute atomic E-state index is 6.40. The summed E-state index contributed by atoms with van der Waals surface area (Å²) in [5.74, 6) is 0. The third-order valence-electron chi connectivity index (χ3n) is 3.95. The van der Waals surface area contributed by atoms with Gasteiger partial charge in [-0.15, -0.1) is 0 Å². The van der Waals surface area contributed by atoms with E-state index < -0.39 is 0 Å². The van der Waals surface area contributed by atoms with Crippen LogP contribution in [0.4, 0.5) is 0 Å². The zero-order valence-corrected chi connectivity index (χ0v) is 13.8. The van der Waals surface area contributed by atoms with Crippen molar-refractivity contribution < 1.29 is 4.74 Å². The lowest BCUT2D eigenvalue weighted by Gasteiger charge is -2.32. The van der Waals surface area contributed by atoms with Crippen molar-refractivity contribution in [3.05, 3.63) is 34.3 Å². The maximum atomic E-state index is 6.40. The van der Waals surface area contributed by atoms with Gasteiger partial charge in [0.05, 0.1) is 6.61 Å². The van der Waals surface area contributed by atoms with E-state index >= 15 is 0 Å². The highest BCUT2D eigenvalue weighted by Gasteiger charge is 2.36. The molecule has 1 aromatic rings. The van der Waals surface area contributed by atoms with Crippen LogP contribution in [0.3, 0.4) is 0 Å². The molecule has 0 aromatic heterocycles. The van der Waals surface area contributed by atoms with Gasteiger partial charge < -0.3 is 10.1 Å². The molecule has 1 unspecified atom stereocenters. The monoisotopic (exact) mass is 295 g/mol. The predicted molar refractivity (Wildman–Crippen MR) is 85.5 cm³/mol. The van der Waals surface area contributed by atoms with Crippen molar-refractivity contribution in [2.45, 2.75) is 46.1 Å². The largest absolute Gasteiger partial charge is 0.381 e. The summed E-state index contributed by atoms with van der Waals surface area (Å²) in [6.45, 7) is 11.3. The van der Waals surface area contributed by atoms with Gasteiger partial charge >= 0.3 is 0 Å². The molecule has 1 aliphatic rings. The van der Waals surface area contributed by atoms with Crippen molar-refractivity contribution >= 4 is 11.6 Å². The second-order valence-corrected chi connectivity index (χ2v) is 7.58. The van der Waals surface area contributed by atoms with Crippen LogP contribution in [0.25, 0.3) is 0 Å². The summed E-state index contributed by atoms with van der Waals surface area (Å²) in [4.78, 5) is 0. The minimum atomic E-state index is 0.132. The molecule has 0 bridgehead atoms. The van der Waals surface area contributed by atoms with Gasteiger partial charge in [-0.25, -0.2) is 0 Å². The fourth-order valence-electron chi connectivity index (χ4n) is 2.64. The molecule has 112 valence electrons. The zero-order chi connectivity index (χ0) is 14.8. The molecule has 0 spiro atoms. The standard InChI is InChI=1S/C17H26ClNO/c1-13-5-6-14(15(18)9-13)10-17(7-8-20-12-17)11-19-16(2,3)4/h5-6,9,19H,7-8,10-12H2,1-4H3. The molecule has 0 radical (unpaired) electrons. The van der Waals surface area contributed by atoms with Gasteiger partial charge in [-0.05, 0) is 57.7 Å². The zero-order valence-electron chi connectivity index (χ0n) is 13.1. The van der Waals surface area contributed by atoms with Crippen molar-refractivity contribution in [1.29, 1.82) is 0 Å². The molecule has 20 heavy (non-hydrogen) atoms. The Kier molecular flexibility index (Phi) is 4.78. The van der Waals surface area contributed by atoms with E-state index in [-0.39, 0.29) is 11.0 Å². The number of hydrogen-bond acceptors (Lipinski definition) is 2. The smallest absolute Gasteiger partial charge is 0.0538 e. The number of halogens is 1. The van der Waals surface area contributed by atoms with Gasteiger partial charge in [0, 0.05) is 29.1 Å². The van der Waals surface area contributed by atoms with Gasteiger partial charge in [0.25, 0.3) is 0 Å². The maximum Gasteiger partial charge on any atom is 0.0538 e. The Morgan fingerprint density at radius 1 is 1.35 bits per heavy atom. The molecule has 2 rings (SSSR count). The van der Waals surface area contributed by atoms with Crippen LogP contribution < -0.4 is 5.32 Å². The molecule has 2 nitrogen and oxygen atoms in total. The quantitative estimate of drug-likeness (QED) is 0.907. The van der Waals surface area contributed by atoms with Crippen LogP contribution in [0.2, 0.25) is 5.02 Å². The number of ether oxygens (including phenoxy) is 1. The molecule has 0 amide bonds. The molecule has 1 aromatic carbocycles. The molecule has 1 heterocycles. The average molecular weight is 296 g/mol. The number of rotatable bonds is 4. The molecule has 1 saturated heterocycles. The third-order valence-corrected chi connectivity index (χ3v) is 4.30. The van der Waals surface area contributed by atoms with Gasteiger partial charge in [0.1, 0.15) is 0 Å². The van der Waals surface area contributed by atoms with Gasteiger partial charge in [0.15, 0.2) is 0 Å². The van der Waals surface area contributed by atoms with E-state index in [1.165, 1.54) is 11.1 Å². The van der Waals surface area contributed by atoms with E-state index in [0.29, 0.717) is 0 Å². The highest BCUT2D eigenvalue weighted by Crippen LogP contribution is 2.35. The summed E-state index contributed by atoms with van der Waals surface area (Å²) in [5.41, 5.74) is 2.75. The van der Waals surface area contributed by atoms with E-state index in [0.717, 1.165) is 37.6 Å². The first kappa shape index (κ1) is 15.8. The Balaban J connectivity index is 2.12. The number of hydrogen-bond donors (Lipinski definition) is 1. The first-order chi connectivity index (χ1) is 9.30. The first-order valence-corrected chi connectivity index (χ1v) is 7.75. The molecular weight excluding hydrogens is 270 g/mol. The Hall–Kier alpha value is -0.570. The topological polar surface area (TPSA) is 21.3 Å². The van der Waals surface area contributed by atoms with Gasteiger partial charge in [-0.1, -0.05) is 23.7 Å². The molecular formula is C17H26ClNO. The predicted octanol–water partition coefficient (Wildman–Crippen LogP) is 3.99. The average Bonchev–Trinajstić information content (AvgIpc) is 2.79. The van der Waals surface area contributed by atoms with Gasteiger partial charge in [-0.2, -0.15) is 0 Å². The lowest BCUT2D eigenvalue weighted by Crippen LogP contribution is -2.45. The SMILES string of the molecule is Cc1ccc(CC2(CNC(C)(C)C)CCOC2)c(Cl)c1. The fraction of sp³-hybridized carbons (Fsp3) is 0.647. The van der Waals surface area contributed by atoms with E-state index in [1.54, 1.807) is 0 Å². The van der Waals surface area contributed by atoms with E-state index in [9.17, 15) is 0 Å². The van der Waals surface area contributed by atoms with Crippen LogP contribution >= 0.6 is 11.6 Å². The fourth-order valence-corrected chi connectivity index (χ4v) is 2.95. The summed E-state index contributed by atoms with van der Waals surface area (Å²) in [6, 6.07) is 6.36. The van der Waals surface area contributed by atoms with Crippen molar-refractivity contribution in [2.24, 2.45) is 5.41 Å². The summed E-state index contributed by atoms with van der Waals surface area (Å²) < 4.78 is 5.68. The number of aryl methyl sites for hydroxylation is 1. The Labute approximate surface area is 127 Å². The lowest BCUT2D eigenvalue weighted by molar-refractivity contribution is 0.144. The van der Waals surface area contributed by atoms with Crippen molar-refractivity contribution in [2.75, 3.05) is 19.8 Å². The number of nitrogens with one attached hydrogen (secondary N) is 1. The molecule has 1 N–H and O–H groups in total. The van der Waals surface area contributed by atoms with E-state index in [1.807, 2.05) is 0 Å². The summed E-state index contributed by atoms with van der Waals surface area (Å²) in [7, 11) is 0. The highest BCUT2D eigenvalue weighted by atomic mass is 35.5. The van der Waals surface area contributed by atoms with Crippen molar-refractivity contribution in [1.82, 2.24) is 5.32 Å². The normalized spacial score (nSPS) is 23.2. The lowest BCUT2D eigenvalue weighted by atomic mass is 9.80. The van der Waals surface area contributed by atoms with E-state index in [2.05, 4.69) is 51.2 Å². The highest BCUT2D eigenvalue weighted by molar-refractivity contribution is 6.31. The van der Waals surface area contributed by atoms with Crippen molar-refractivity contribution in [3.63, 3.8) is 0 Å². The summed E-state index contributed by atoms with van der Waals surface area (Å²) in [6.07, 6.45) is 2.08. The van der Waals surface area contributed by atoms with Crippen LogP contribution in [0.15, 0.2) is 18.2 Å². The van der Waals surface area contributed by atoms with Crippen LogP contribution in [-0.2, 0) is 11.2 Å². The molecule has 1 atom stereocenters. The molecule has 1 aliphatic heterocycles. The first-order valence-electron chi connectivity index (χ1n) is 7.38. The van der Waals surface area contributed by atoms with Crippen LogP contribution in [0.1, 0.15) is 38.3 Å². The van der Waals surface area contributed by atoms with Gasteiger partial charge in [-0.3, -0.25) is 0 Å². The van der Waals surface area contributed by atoms with Crippen LogP contribution in [-0.4, -0.2) is 25.3 Å². The summed E-state index contributed by atoms with van der Waals surface area (Å²) >= 11 is 6.40. The van der Waals surface area contributed by atoms with E-state index in [4.69, 9.17) is 16.3 Å². The second-order valence-electron chi connectivity index (χ2n) is 7.18. The van der Waals surface area contributed by atoms with Crippen LogP contribution in [0.5, 0.6) is 0 Å². The Bertz CT molecular complexity index is 459. The van der Waals surface area contributed by atoms with Gasteiger partial charge in [0.2, 0.25) is 0 Å². The Morgan fingerprint density at radius 3 is 2.65 bits per heavy atom. The molecule has 1 fully saturated rings. The molecule has 0 aliphatic carbocycles. The molecule has 0 saturated carbocycles. The van der Waals surface area contributed by atoms with Crippen LogP contribution in [0, 0.1) is 12.3 Å². The number of benzene rings is 1. The summed E-state index contributed by atoms with van der Waals surface area (Å²) in [5, 5.41) is 4.51. The second kappa shape index (κ2) is 6.05. The minimum absolute atomic E-state index is 0.132. The Morgan fingerprint density at radius 2 is 2.10 bits per heavy atom. The minimum Gasteiger partial charge on any atom is -0.381 e. The molecule has 3 heteroatoms.